The monoisotopic (exact) mass is 359 g/mol. The van der Waals surface area contributed by atoms with E-state index >= 15 is 0 Å². The summed E-state index contributed by atoms with van der Waals surface area (Å²) in [5.74, 6) is 0.00858. The van der Waals surface area contributed by atoms with Crippen LogP contribution in [0.4, 0.5) is 0 Å². The second-order valence-electron chi connectivity index (χ2n) is 6.82. The van der Waals surface area contributed by atoms with E-state index in [0.29, 0.717) is 19.8 Å². The van der Waals surface area contributed by atoms with Crippen LogP contribution in [-0.2, 0) is 25.9 Å². The van der Waals surface area contributed by atoms with Crippen LogP contribution in [0, 0.1) is 6.92 Å². The first kappa shape index (κ1) is 18.1. The molecule has 0 aliphatic carbocycles. The number of benzene rings is 2. The topological polar surface area (TPSA) is 55.4 Å². The van der Waals surface area contributed by atoms with Crippen LogP contribution in [0.25, 0.3) is 0 Å². The summed E-state index contributed by atoms with van der Waals surface area (Å²) in [6.45, 7) is 3.73. The molecule has 0 unspecified atom stereocenters. The zero-order valence-corrected chi connectivity index (χ0v) is 15.4. The highest BCUT2D eigenvalue weighted by Gasteiger charge is 2.35. The van der Waals surface area contributed by atoms with E-state index in [9.17, 15) is 8.42 Å². The van der Waals surface area contributed by atoms with Crippen LogP contribution in [0.1, 0.15) is 29.5 Å². The molecule has 25 heavy (non-hydrogen) atoms. The summed E-state index contributed by atoms with van der Waals surface area (Å²) in [5, 5.41) is 0. The fourth-order valence-electron chi connectivity index (χ4n) is 3.32. The molecule has 0 saturated carbocycles. The van der Waals surface area contributed by atoms with Gasteiger partial charge in [-0.05, 0) is 30.9 Å². The third-order valence-corrected chi connectivity index (χ3v) is 6.24. The molecule has 0 bridgehead atoms. The van der Waals surface area contributed by atoms with Crippen LogP contribution in [0.2, 0.25) is 0 Å². The molecule has 4 nitrogen and oxygen atoms in total. The van der Waals surface area contributed by atoms with Crippen molar-refractivity contribution >= 4 is 10.0 Å². The fourth-order valence-corrected chi connectivity index (χ4v) is 4.55. The molecular weight excluding hydrogens is 334 g/mol. The average Bonchev–Trinajstić information content (AvgIpc) is 2.64. The maximum atomic E-state index is 12.6. The zero-order chi connectivity index (χ0) is 17.8. The molecule has 3 rings (SSSR count). The normalized spacial score (nSPS) is 17.3. The fraction of sp³-hybridized carbons (Fsp3) is 0.400. The maximum Gasteiger partial charge on any atom is 0.215 e. The van der Waals surface area contributed by atoms with Crippen molar-refractivity contribution in [1.29, 1.82) is 0 Å². The Kier molecular flexibility index (Phi) is 5.57. The largest absolute Gasteiger partial charge is 0.381 e. The van der Waals surface area contributed by atoms with Gasteiger partial charge in [0.2, 0.25) is 10.0 Å². The maximum absolute atomic E-state index is 12.6. The first-order valence-electron chi connectivity index (χ1n) is 8.65. The lowest BCUT2D eigenvalue weighted by molar-refractivity contribution is 0.0517. The van der Waals surface area contributed by atoms with Crippen LogP contribution in [0.3, 0.4) is 0 Å². The lowest BCUT2D eigenvalue weighted by atomic mass is 9.74. The highest BCUT2D eigenvalue weighted by Crippen LogP contribution is 2.34. The average molecular weight is 359 g/mol. The van der Waals surface area contributed by atoms with E-state index in [1.54, 1.807) is 0 Å². The van der Waals surface area contributed by atoms with E-state index < -0.39 is 10.0 Å². The Hall–Kier alpha value is -1.69. The number of rotatable bonds is 6. The third kappa shape index (κ3) is 4.69. The molecular formula is C20H25NO3S. The molecule has 0 amide bonds. The molecule has 1 heterocycles. The van der Waals surface area contributed by atoms with Gasteiger partial charge in [0.25, 0.3) is 0 Å². The number of hydrogen-bond acceptors (Lipinski definition) is 3. The van der Waals surface area contributed by atoms with Crippen molar-refractivity contribution in [3.05, 3.63) is 71.3 Å². The molecule has 1 fully saturated rings. The molecule has 0 spiro atoms. The molecule has 2 aromatic carbocycles. The summed E-state index contributed by atoms with van der Waals surface area (Å²) in [7, 11) is -3.38. The summed E-state index contributed by atoms with van der Waals surface area (Å²) < 4.78 is 33.5. The minimum atomic E-state index is -3.38. The number of aryl methyl sites for hydroxylation is 1. The summed E-state index contributed by atoms with van der Waals surface area (Å²) in [4.78, 5) is 0. The molecule has 5 heteroatoms. The van der Waals surface area contributed by atoms with Gasteiger partial charge in [-0.15, -0.1) is 0 Å². The van der Waals surface area contributed by atoms with Gasteiger partial charge in [0, 0.05) is 25.2 Å². The Morgan fingerprint density at radius 3 is 2.28 bits per heavy atom. The lowest BCUT2D eigenvalue weighted by Crippen LogP contribution is -2.44. The van der Waals surface area contributed by atoms with Crippen LogP contribution in [0.5, 0.6) is 0 Å². The highest BCUT2D eigenvalue weighted by molar-refractivity contribution is 7.88. The van der Waals surface area contributed by atoms with Crippen molar-refractivity contribution in [2.75, 3.05) is 19.8 Å². The van der Waals surface area contributed by atoms with E-state index in [2.05, 4.69) is 16.9 Å². The summed E-state index contributed by atoms with van der Waals surface area (Å²) in [5.41, 5.74) is 2.91. The number of sulfonamides is 1. The van der Waals surface area contributed by atoms with Gasteiger partial charge in [0.1, 0.15) is 0 Å². The van der Waals surface area contributed by atoms with Crippen molar-refractivity contribution in [2.24, 2.45) is 0 Å². The smallest absolute Gasteiger partial charge is 0.215 e. The van der Waals surface area contributed by atoms with Gasteiger partial charge in [-0.1, -0.05) is 60.2 Å². The Morgan fingerprint density at radius 1 is 1.00 bits per heavy atom. The summed E-state index contributed by atoms with van der Waals surface area (Å²) in [6, 6.07) is 17.8. The van der Waals surface area contributed by atoms with Crippen molar-refractivity contribution < 1.29 is 13.2 Å². The Balaban J connectivity index is 1.73. The number of ether oxygens (including phenoxy) is 1. The van der Waals surface area contributed by atoms with Crippen molar-refractivity contribution in [1.82, 2.24) is 4.72 Å². The van der Waals surface area contributed by atoms with Crippen LogP contribution in [0.15, 0.2) is 54.6 Å². The molecule has 1 N–H and O–H groups in total. The van der Waals surface area contributed by atoms with E-state index in [4.69, 9.17) is 4.74 Å². The number of hydrogen-bond donors (Lipinski definition) is 1. The standard InChI is InChI=1S/C20H25NO3S/c1-17-7-9-18(10-8-17)15-25(22,23)21-16-20(11-13-24-14-12-20)19-5-3-2-4-6-19/h2-10,21H,11-16H2,1H3. The van der Waals surface area contributed by atoms with Gasteiger partial charge < -0.3 is 4.74 Å². The second-order valence-corrected chi connectivity index (χ2v) is 8.63. The predicted octanol–water partition coefficient (Wildman–Crippen LogP) is 3.16. The van der Waals surface area contributed by atoms with Crippen molar-refractivity contribution in [3.8, 4) is 0 Å². The van der Waals surface area contributed by atoms with Gasteiger partial charge in [-0.2, -0.15) is 0 Å². The van der Waals surface area contributed by atoms with E-state index in [1.807, 2.05) is 49.4 Å². The molecule has 134 valence electrons. The van der Waals surface area contributed by atoms with Gasteiger partial charge in [-0.3, -0.25) is 0 Å². The van der Waals surface area contributed by atoms with Gasteiger partial charge in [-0.25, -0.2) is 13.1 Å². The summed E-state index contributed by atoms with van der Waals surface area (Å²) >= 11 is 0. The second kappa shape index (κ2) is 7.68. The minimum Gasteiger partial charge on any atom is -0.381 e. The molecule has 0 atom stereocenters. The van der Waals surface area contributed by atoms with Crippen LogP contribution < -0.4 is 4.72 Å². The van der Waals surface area contributed by atoms with Gasteiger partial charge in [0.05, 0.1) is 5.75 Å². The Bertz CT molecular complexity index is 779. The molecule has 0 radical (unpaired) electrons. The third-order valence-electron chi connectivity index (χ3n) is 4.94. The highest BCUT2D eigenvalue weighted by atomic mass is 32.2. The minimum absolute atomic E-state index is 0.00858. The Morgan fingerprint density at radius 2 is 1.64 bits per heavy atom. The molecule has 2 aromatic rings. The summed E-state index contributed by atoms with van der Waals surface area (Å²) in [6.07, 6.45) is 1.65. The van der Waals surface area contributed by atoms with E-state index in [0.717, 1.165) is 24.0 Å². The first-order chi connectivity index (χ1) is 12.0. The van der Waals surface area contributed by atoms with Crippen molar-refractivity contribution in [3.63, 3.8) is 0 Å². The van der Waals surface area contributed by atoms with Crippen molar-refractivity contribution in [2.45, 2.75) is 30.9 Å². The Labute approximate surface area is 150 Å². The van der Waals surface area contributed by atoms with E-state index in [-0.39, 0.29) is 11.2 Å². The van der Waals surface area contributed by atoms with Gasteiger partial charge in [0.15, 0.2) is 0 Å². The van der Waals surface area contributed by atoms with Crippen LogP contribution in [-0.4, -0.2) is 28.2 Å². The van der Waals surface area contributed by atoms with Gasteiger partial charge >= 0.3 is 0 Å². The molecule has 1 aliphatic rings. The molecule has 1 aliphatic heterocycles. The lowest BCUT2D eigenvalue weighted by Gasteiger charge is -2.37. The number of nitrogens with one attached hydrogen (secondary N) is 1. The molecule has 0 aromatic heterocycles. The zero-order valence-electron chi connectivity index (χ0n) is 14.6. The predicted molar refractivity (Wildman–Crippen MR) is 100.0 cm³/mol. The van der Waals surface area contributed by atoms with Crippen LogP contribution >= 0.6 is 0 Å². The first-order valence-corrected chi connectivity index (χ1v) is 10.3. The van der Waals surface area contributed by atoms with E-state index in [1.165, 1.54) is 5.56 Å². The quantitative estimate of drug-likeness (QED) is 0.862. The SMILES string of the molecule is Cc1ccc(CS(=O)(=O)NCC2(c3ccccc3)CCOCC2)cc1. The molecule has 1 saturated heterocycles.